The molecular weight excluding hydrogens is 326 g/mol. The molecule has 1 fully saturated rings. The molecule has 122 valence electrons. The molecule has 0 aromatic heterocycles. The van der Waals surface area contributed by atoms with Crippen LogP contribution in [0.1, 0.15) is 24.8 Å². The number of anilines is 1. The number of rotatable bonds is 3. The van der Waals surface area contributed by atoms with E-state index in [2.05, 4.69) is 15.4 Å². The number of carbonyl (C=O) groups excluding carboxylic acids is 1. The van der Waals surface area contributed by atoms with Crippen molar-refractivity contribution in [2.45, 2.75) is 36.6 Å². The van der Waals surface area contributed by atoms with Crippen molar-refractivity contribution >= 4 is 34.0 Å². The van der Waals surface area contributed by atoms with Crippen LogP contribution in [0.3, 0.4) is 0 Å². The van der Waals surface area contributed by atoms with Gasteiger partial charge < -0.3 is 10.6 Å². The summed E-state index contributed by atoms with van der Waals surface area (Å²) in [5.74, 6) is -0.0143. The molecule has 1 unspecified atom stereocenters. The maximum Gasteiger partial charge on any atom is 0.240 e. The second kappa shape index (κ2) is 6.95. The molecule has 22 heavy (non-hydrogen) atoms. The predicted octanol–water partition coefficient (Wildman–Crippen LogP) is 1.02. The van der Waals surface area contributed by atoms with E-state index in [9.17, 15) is 13.2 Å². The highest BCUT2D eigenvalue weighted by atomic mass is 35.5. The highest BCUT2D eigenvalue weighted by Gasteiger charge is 2.24. The number of halogens is 1. The van der Waals surface area contributed by atoms with Gasteiger partial charge in [-0.05, 0) is 49.6 Å². The fraction of sp³-hybridized carbons (Fsp3) is 0.500. The Labute approximate surface area is 136 Å². The molecule has 3 rings (SSSR count). The Hall–Kier alpha value is -1.15. The summed E-state index contributed by atoms with van der Waals surface area (Å²) in [6.45, 7) is 1.50. The zero-order chi connectivity index (χ0) is 14.9. The normalized spacial score (nSPS) is 21.5. The highest BCUT2D eigenvalue weighted by Crippen LogP contribution is 2.25. The summed E-state index contributed by atoms with van der Waals surface area (Å²) in [7, 11) is -3.51. The predicted molar refractivity (Wildman–Crippen MR) is 86.9 cm³/mol. The average molecular weight is 346 g/mol. The summed E-state index contributed by atoms with van der Waals surface area (Å²) in [4.78, 5) is 11.8. The lowest BCUT2D eigenvalue weighted by molar-refractivity contribution is -0.116. The van der Waals surface area contributed by atoms with E-state index in [0.717, 1.165) is 30.6 Å². The summed E-state index contributed by atoms with van der Waals surface area (Å²) in [6.07, 6.45) is 2.73. The van der Waals surface area contributed by atoms with Gasteiger partial charge in [0.2, 0.25) is 15.9 Å². The van der Waals surface area contributed by atoms with E-state index in [-0.39, 0.29) is 29.3 Å². The number of nitrogens with one attached hydrogen (secondary N) is 3. The quantitative estimate of drug-likeness (QED) is 0.763. The van der Waals surface area contributed by atoms with E-state index >= 15 is 0 Å². The molecule has 1 atom stereocenters. The van der Waals surface area contributed by atoms with Gasteiger partial charge in [0.05, 0.1) is 4.90 Å². The van der Waals surface area contributed by atoms with E-state index < -0.39 is 10.0 Å². The molecular formula is C14H20ClN3O3S. The van der Waals surface area contributed by atoms with Gasteiger partial charge in [-0.15, -0.1) is 12.4 Å². The molecule has 1 saturated heterocycles. The van der Waals surface area contributed by atoms with Crippen LogP contribution in [0.5, 0.6) is 0 Å². The van der Waals surface area contributed by atoms with Crippen LogP contribution in [-0.4, -0.2) is 33.5 Å². The summed E-state index contributed by atoms with van der Waals surface area (Å²) in [5, 5.41) is 5.94. The first-order valence-corrected chi connectivity index (χ1v) is 8.69. The molecule has 2 heterocycles. The molecule has 0 saturated carbocycles. The van der Waals surface area contributed by atoms with Gasteiger partial charge in [0, 0.05) is 24.7 Å². The molecule has 2 aliphatic rings. The molecule has 1 aromatic rings. The van der Waals surface area contributed by atoms with Crippen LogP contribution in [0, 0.1) is 0 Å². The van der Waals surface area contributed by atoms with Crippen molar-refractivity contribution in [1.82, 2.24) is 10.0 Å². The molecule has 6 nitrogen and oxygen atoms in total. The van der Waals surface area contributed by atoms with Crippen LogP contribution in [-0.2, 0) is 21.2 Å². The molecule has 1 amide bonds. The number of sulfonamides is 1. The molecule has 2 aliphatic heterocycles. The Bertz CT molecular complexity index is 657. The van der Waals surface area contributed by atoms with E-state index in [4.69, 9.17) is 0 Å². The molecule has 3 N–H and O–H groups in total. The Morgan fingerprint density at radius 3 is 2.77 bits per heavy atom. The van der Waals surface area contributed by atoms with E-state index in [1.54, 1.807) is 18.2 Å². The fourth-order valence-electron chi connectivity index (χ4n) is 2.76. The van der Waals surface area contributed by atoms with Gasteiger partial charge in [-0.2, -0.15) is 0 Å². The van der Waals surface area contributed by atoms with Crippen LogP contribution in [0.25, 0.3) is 0 Å². The highest BCUT2D eigenvalue weighted by molar-refractivity contribution is 7.89. The monoisotopic (exact) mass is 345 g/mol. The molecule has 0 radical (unpaired) electrons. The fourth-order valence-corrected chi connectivity index (χ4v) is 4.08. The molecule has 8 heteroatoms. The lowest BCUT2D eigenvalue weighted by Crippen LogP contribution is -2.36. The van der Waals surface area contributed by atoms with Gasteiger partial charge in [0.1, 0.15) is 0 Å². The Kier molecular flexibility index (Phi) is 5.44. The van der Waals surface area contributed by atoms with Gasteiger partial charge in [0.25, 0.3) is 0 Å². The standard InChI is InChI=1S/C14H19N3O3S.ClH/c18-14-3-1-2-10-8-12(4-5-13(10)16-14)21(19,20)17-11-6-7-15-9-11;/h4-5,8,11,15,17H,1-3,6-7,9H2,(H,16,18);1H. The molecule has 1 aromatic carbocycles. The zero-order valence-corrected chi connectivity index (χ0v) is 13.7. The minimum absolute atomic E-state index is 0. The van der Waals surface area contributed by atoms with Crippen molar-refractivity contribution in [2.75, 3.05) is 18.4 Å². The summed E-state index contributed by atoms with van der Waals surface area (Å²) < 4.78 is 27.5. The SMILES string of the molecule is Cl.O=C1CCCc2cc(S(=O)(=O)NC3CCNC3)ccc2N1. The largest absolute Gasteiger partial charge is 0.326 e. The number of aryl methyl sites for hydroxylation is 1. The van der Waals surface area contributed by atoms with Gasteiger partial charge in [-0.25, -0.2) is 13.1 Å². The third-order valence-corrected chi connectivity index (χ3v) is 5.41. The van der Waals surface area contributed by atoms with Crippen LogP contribution < -0.4 is 15.4 Å². The van der Waals surface area contributed by atoms with Crippen molar-refractivity contribution < 1.29 is 13.2 Å². The Morgan fingerprint density at radius 1 is 1.23 bits per heavy atom. The smallest absolute Gasteiger partial charge is 0.240 e. The lowest BCUT2D eigenvalue weighted by Gasteiger charge is -2.14. The zero-order valence-electron chi connectivity index (χ0n) is 12.1. The molecule has 0 aliphatic carbocycles. The first-order valence-electron chi connectivity index (χ1n) is 7.20. The maximum atomic E-state index is 12.4. The van der Waals surface area contributed by atoms with E-state index in [1.807, 2.05) is 0 Å². The summed E-state index contributed by atoms with van der Waals surface area (Å²) >= 11 is 0. The summed E-state index contributed by atoms with van der Waals surface area (Å²) in [5.41, 5.74) is 1.60. The first kappa shape index (κ1) is 17.2. The van der Waals surface area contributed by atoms with Gasteiger partial charge >= 0.3 is 0 Å². The number of hydrogen-bond acceptors (Lipinski definition) is 4. The van der Waals surface area contributed by atoms with Crippen molar-refractivity contribution in [3.8, 4) is 0 Å². The average Bonchev–Trinajstić information content (AvgIpc) is 2.84. The van der Waals surface area contributed by atoms with Crippen LogP contribution >= 0.6 is 12.4 Å². The topological polar surface area (TPSA) is 87.3 Å². The van der Waals surface area contributed by atoms with Crippen LogP contribution in [0.2, 0.25) is 0 Å². The van der Waals surface area contributed by atoms with Crippen molar-refractivity contribution in [3.05, 3.63) is 23.8 Å². The number of fused-ring (bicyclic) bond motifs is 1. The molecule has 0 bridgehead atoms. The number of carbonyl (C=O) groups is 1. The Morgan fingerprint density at radius 2 is 2.05 bits per heavy atom. The summed E-state index contributed by atoms with van der Waals surface area (Å²) in [6, 6.07) is 4.86. The van der Waals surface area contributed by atoms with E-state index in [1.165, 1.54) is 0 Å². The van der Waals surface area contributed by atoms with Crippen molar-refractivity contribution in [1.29, 1.82) is 0 Å². The number of benzene rings is 1. The third-order valence-electron chi connectivity index (χ3n) is 3.89. The maximum absolute atomic E-state index is 12.4. The minimum atomic E-state index is -3.51. The second-order valence-electron chi connectivity index (χ2n) is 5.53. The number of amides is 1. The van der Waals surface area contributed by atoms with Crippen molar-refractivity contribution in [2.24, 2.45) is 0 Å². The second-order valence-corrected chi connectivity index (χ2v) is 7.25. The van der Waals surface area contributed by atoms with Crippen LogP contribution in [0.4, 0.5) is 5.69 Å². The van der Waals surface area contributed by atoms with Crippen LogP contribution in [0.15, 0.2) is 23.1 Å². The van der Waals surface area contributed by atoms with Gasteiger partial charge in [-0.3, -0.25) is 4.79 Å². The number of hydrogen-bond donors (Lipinski definition) is 3. The first-order chi connectivity index (χ1) is 10.0. The van der Waals surface area contributed by atoms with Gasteiger partial charge in [0.15, 0.2) is 0 Å². The van der Waals surface area contributed by atoms with Gasteiger partial charge in [-0.1, -0.05) is 0 Å². The molecule has 0 spiro atoms. The lowest BCUT2D eigenvalue weighted by atomic mass is 10.1. The van der Waals surface area contributed by atoms with E-state index in [0.29, 0.717) is 19.4 Å². The van der Waals surface area contributed by atoms with Crippen molar-refractivity contribution in [3.63, 3.8) is 0 Å². The third kappa shape index (κ3) is 3.78. The minimum Gasteiger partial charge on any atom is -0.326 e. The Balaban J connectivity index is 0.00000176.